The molecule has 0 N–H and O–H groups in total. The fourth-order valence-corrected chi connectivity index (χ4v) is 10.3. The number of carbonyl (C=O) groups is 3. The Morgan fingerprint density at radius 2 is 0.493 bits per heavy atom. The van der Waals surface area contributed by atoms with Crippen LogP contribution in [0.25, 0.3) is 0 Å². The number of hydrogen-bond donors (Lipinski definition) is 0. The molecule has 0 aromatic rings. The number of ether oxygens (including phenoxy) is 3. The summed E-state index contributed by atoms with van der Waals surface area (Å²) in [6.45, 7) is 6.66. The van der Waals surface area contributed by atoms with Gasteiger partial charge in [-0.05, 0) is 44.9 Å². The molecule has 0 saturated heterocycles. The first-order chi connectivity index (χ1) is 37.0. The van der Waals surface area contributed by atoms with E-state index in [0.717, 1.165) is 77.0 Å². The molecule has 0 aliphatic heterocycles. The molecule has 0 aromatic heterocycles. The third-order valence-electron chi connectivity index (χ3n) is 15.5. The summed E-state index contributed by atoms with van der Waals surface area (Å²) in [5, 5.41) is 0. The molecule has 0 aliphatic rings. The van der Waals surface area contributed by atoms with Gasteiger partial charge in [0.05, 0.1) is 0 Å². The van der Waals surface area contributed by atoms with Crippen molar-refractivity contribution in [1.29, 1.82) is 0 Å². The first-order valence-corrected chi connectivity index (χ1v) is 33.8. The van der Waals surface area contributed by atoms with Gasteiger partial charge in [-0.15, -0.1) is 0 Å². The molecule has 0 spiro atoms. The third-order valence-corrected chi connectivity index (χ3v) is 15.5. The zero-order valence-corrected chi connectivity index (χ0v) is 50.8. The molecule has 0 amide bonds. The summed E-state index contributed by atoms with van der Waals surface area (Å²) in [7, 11) is 0. The number of allylic oxidation sites excluding steroid dienone is 4. The molecule has 442 valence electrons. The van der Waals surface area contributed by atoms with E-state index in [1.807, 2.05) is 0 Å². The monoisotopic (exact) mass is 1050 g/mol. The maximum atomic E-state index is 12.9. The number of hydrogen-bond acceptors (Lipinski definition) is 6. The molecule has 6 heteroatoms. The lowest BCUT2D eigenvalue weighted by Gasteiger charge is -2.18. The minimum Gasteiger partial charge on any atom is -0.462 e. The summed E-state index contributed by atoms with van der Waals surface area (Å²) in [6.07, 6.45) is 77.8. The second-order valence-electron chi connectivity index (χ2n) is 23.1. The van der Waals surface area contributed by atoms with Crippen LogP contribution in [0, 0.1) is 0 Å². The van der Waals surface area contributed by atoms with Crippen LogP contribution < -0.4 is 0 Å². The summed E-state index contributed by atoms with van der Waals surface area (Å²) >= 11 is 0. The van der Waals surface area contributed by atoms with E-state index in [1.54, 1.807) is 0 Å². The first-order valence-electron chi connectivity index (χ1n) is 33.8. The molecule has 1 atom stereocenters. The van der Waals surface area contributed by atoms with Gasteiger partial charge < -0.3 is 14.2 Å². The van der Waals surface area contributed by atoms with E-state index in [2.05, 4.69) is 45.1 Å². The Balaban J connectivity index is 4.16. The molecule has 6 nitrogen and oxygen atoms in total. The molecule has 0 aromatic carbocycles. The van der Waals surface area contributed by atoms with Gasteiger partial charge in [0.25, 0.3) is 0 Å². The van der Waals surface area contributed by atoms with Crippen molar-refractivity contribution in [1.82, 2.24) is 0 Å². The highest BCUT2D eigenvalue weighted by Gasteiger charge is 2.19. The molecule has 1 unspecified atom stereocenters. The first kappa shape index (κ1) is 72.9. The predicted octanol–water partition coefficient (Wildman–Crippen LogP) is 23.0. The maximum absolute atomic E-state index is 12.9. The van der Waals surface area contributed by atoms with Gasteiger partial charge in [-0.25, -0.2) is 0 Å². The van der Waals surface area contributed by atoms with Crippen LogP contribution in [-0.2, 0) is 28.6 Å². The summed E-state index contributed by atoms with van der Waals surface area (Å²) in [5.41, 5.74) is 0. The van der Waals surface area contributed by atoms with E-state index >= 15 is 0 Å². The van der Waals surface area contributed by atoms with Gasteiger partial charge in [0.15, 0.2) is 6.10 Å². The summed E-state index contributed by atoms with van der Waals surface area (Å²) in [5.74, 6) is -0.856. The molecule has 0 bridgehead atoms. The van der Waals surface area contributed by atoms with Gasteiger partial charge in [0, 0.05) is 19.3 Å². The minimum atomic E-state index is -0.773. The molecular formula is C69H130O6. The van der Waals surface area contributed by atoms with Crippen molar-refractivity contribution >= 4 is 17.9 Å². The van der Waals surface area contributed by atoms with E-state index in [1.165, 1.54) is 263 Å². The standard InChI is InChI=1S/C69H130O6/c1-4-7-10-13-16-19-22-25-28-29-30-31-32-33-34-35-36-37-38-39-40-42-44-47-50-53-56-59-62-68(71)74-65-66(64-73-67(70)61-58-55-52-49-46-43-27-24-21-18-15-12-9-6-3)75-69(72)63-60-57-54-51-48-45-41-26-23-20-17-14-11-8-5-2/h15,18,24,27,66H,4-14,16-17,19-23,25-26,28-65H2,1-3H3/b18-15-,27-24-. The smallest absolute Gasteiger partial charge is 0.306 e. The lowest BCUT2D eigenvalue weighted by Crippen LogP contribution is -2.30. The Hall–Kier alpha value is -2.11. The Morgan fingerprint density at radius 1 is 0.267 bits per heavy atom. The molecule has 0 saturated carbocycles. The van der Waals surface area contributed by atoms with Gasteiger partial charge in [0.2, 0.25) is 0 Å². The Bertz CT molecular complexity index is 1210. The third kappa shape index (κ3) is 62.6. The fraction of sp³-hybridized carbons (Fsp3) is 0.899. The SMILES string of the molecule is CCCC/C=C\C/C=C\CCCCCCCC(=O)OCC(COC(=O)CCCCCCCCCCCCCCCCCCCCCCCCCCCCCC)OC(=O)CCCCCCCCCCCCCCCCC. The lowest BCUT2D eigenvalue weighted by molar-refractivity contribution is -0.167. The summed E-state index contributed by atoms with van der Waals surface area (Å²) in [4.78, 5) is 38.3. The maximum Gasteiger partial charge on any atom is 0.306 e. The van der Waals surface area contributed by atoms with E-state index < -0.39 is 6.10 Å². The van der Waals surface area contributed by atoms with Crippen LogP contribution in [0.5, 0.6) is 0 Å². The van der Waals surface area contributed by atoms with Gasteiger partial charge >= 0.3 is 17.9 Å². The van der Waals surface area contributed by atoms with E-state index in [0.29, 0.717) is 19.3 Å². The van der Waals surface area contributed by atoms with Crippen molar-refractivity contribution in [3.05, 3.63) is 24.3 Å². The van der Waals surface area contributed by atoms with Crippen LogP contribution in [0.15, 0.2) is 24.3 Å². The highest BCUT2D eigenvalue weighted by atomic mass is 16.6. The van der Waals surface area contributed by atoms with E-state index in [4.69, 9.17) is 14.2 Å². The molecule has 0 fully saturated rings. The average molecular weight is 1060 g/mol. The van der Waals surface area contributed by atoms with Gasteiger partial charge in [-0.1, -0.05) is 340 Å². The Kier molecular flexibility index (Phi) is 62.6. The van der Waals surface area contributed by atoms with Crippen molar-refractivity contribution < 1.29 is 28.6 Å². The zero-order chi connectivity index (χ0) is 54.3. The van der Waals surface area contributed by atoms with Crippen molar-refractivity contribution in [2.24, 2.45) is 0 Å². The Morgan fingerprint density at radius 3 is 0.773 bits per heavy atom. The summed E-state index contributed by atoms with van der Waals surface area (Å²) < 4.78 is 16.9. The average Bonchev–Trinajstić information content (AvgIpc) is 3.41. The highest BCUT2D eigenvalue weighted by molar-refractivity contribution is 5.71. The number of esters is 3. The van der Waals surface area contributed by atoms with Crippen LogP contribution >= 0.6 is 0 Å². The van der Waals surface area contributed by atoms with Gasteiger partial charge in [0.1, 0.15) is 13.2 Å². The second-order valence-corrected chi connectivity index (χ2v) is 23.1. The molecule has 0 heterocycles. The number of unbranched alkanes of at least 4 members (excludes halogenated alkanes) is 48. The van der Waals surface area contributed by atoms with Crippen LogP contribution in [0.1, 0.15) is 380 Å². The topological polar surface area (TPSA) is 78.9 Å². The van der Waals surface area contributed by atoms with Gasteiger partial charge in [-0.2, -0.15) is 0 Å². The molecule has 0 aliphatic carbocycles. The second kappa shape index (κ2) is 64.4. The van der Waals surface area contributed by atoms with Crippen molar-refractivity contribution in [3.8, 4) is 0 Å². The highest BCUT2D eigenvalue weighted by Crippen LogP contribution is 2.19. The van der Waals surface area contributed by atoms with E-state index in [9.17, 15) is 14.4 Å². The van der Waals surface area contributed by atoms with Crippen LogP contribution in [0.2, 0.25) is 0 Å². The molecular weight excluding hydrogens is 925 g/mol. The van der Waals surface area contributed by atoms with Crippen LogP contribution in [-0.4, -0.2) is 37.2 Å². The number of rotatable bonds is 63. The minimum absolute atomic E-state index is 0.0696. The van der Waals surface area contributed by atoms with Crippen LogP contribution in [0.3, 0.4) is 0 Å². The molecule has 0 rings (SSSR count). The summed E-state index contributed by atoms with van der Waals surface area (Å²) in [6, 6.07) is 0. The van der Waals surface area contributed by atoms with Gasteiger partial charge in [-0.3, -0.25) is 14.4 Å². The van der Waals surface area contributed by atoms with Crippen molar-refractivity contribution in [3.63, 3.8) is 0 Å². The predicted molar refractivity (Wildman–Crippen MR) is 326 cm³/mol. The Labute approximate surface area is 468 Å². The lowest BCUT2D eigenvalue weighted by atomic mass is 10.0. The molecule has 75 heavy (non-hydrogen) atoms. The quantitative estimate of drug-likeness (QED) is 0.0261. The number of carbonyl (C=O) groups excluding carboxylic acids is 3. The normalized spacial score (nSPS) is 12.1. The van der Waals surface area contributed by atoms with Crippen LogP contribution in [0.4, 0.5) is 0 Å². The van der Waals surface area contributed by atoms with Crippen molar-refractivity contribution in [2.45, 2.75) is 386 Å². The molecule has 0 radical (unpaired) electrons. The fourth-order valence-electron chi connectivity index (χ4n) is 10.3. The largest absolute Gasteiger partial charge is 0.462 e. The van der Waals surface area contributed by atoms with E-state index in [-0.39, 0.29) is 31.1 Å². The van der Waals surface area contributed by atoms with Crippen molar-refractivity contribution in [2.75, 3.05) is 13.2 Å². The zero-order valence-electron chi connectivity index (χ0n) is 50.8.